The monoisotopic (exact) mass is 464 g/mol. The number of aliphatic hydroxyl groups is 1. The molecule has 1 aliphatic rings. The van der Waals surface area contributed by atoms with E-state index in [2.05, 4.69) is 5.32 Å². The number of likely N-dealkylation sites (N-methyl/N-ethyl adjacent to an activating group) is 1. The highest BCUT2D eigenvalue weighted by molar-refractivity contribution is 6.32. The second kappa shape index (κ2) is 10.1. The summed E-state index contributed by atoms with van der Waals surface area (Å²) in [6.45, 7) is 5.82. The zero-order chi connectivity index (χ0) is 23.5. The molecule has 4 atom stereocenters. The number of halogens is 2. The first-order chi connectivity index (χ1) is 15.0. The van der Waals surface area contributed by atoms with Crippen LogP contribution in [0.5, 0.6) is 5.75 Å². The molecule has 1 fully saturated rings. The van der Waals surface area contributed by atoms with Crippen molar-refractivity contribution < 1.29 is 23.8 Å². The van der Waals surface area contributed by atoms with E-state index in [0.29, 0.717) is 23.7 Å². The molecule has 0 saturated heterocycles. The Hall–Kier alpha value is -2.35. The second-order valence-corrected chi connectivity index (χ2v) is 9.51. The van der Waals surface area contributed by atoms with Crippen molar-refractivity contribution in [3.8, 4) is 5.75 Å². The summed E-state index contributed by atoms with van der Waals surface area (Å²) in [6, 6.07) is 12.3. The molecular weight excluding hydrogens is 435 g/mol. The summed E-state index contributed by atoms with van der Waals surface area (Å²) in [4.78, 5) is 14.4. The van der Waals surface area contributed by atoms with Gasteiger partial charge in [-0.3, -0.25) is 4.90 Å². The van der Waals surface area contributed by atoms with Crippen molar-refractivity contribution in [2.45, 2.75) is 63.6 Å². The zero-order valence-corrected chi connectivity index (χ0v) is 19.5. The Morgan fingerprint density at radius 3 is 2.50 bits per heavy atom. The predicted octanol–water partition coefficient (Wildman–Crippen LogP) is 4.39. The fourth-order valence-electron chi connectivity index (χ4n) is 3.96. The van der Waals surface area contributed by atoms with Crippen LogP contribution in [-0.4, -0.2) is 53.0 Å². The standard InChI is InChI=1S/C24H30ClFN2O4/c1-24(2,3)32-23(30)27-18-13-20(31-19-8-6-5-7-17(19)25)22(29)21(18)28(4)14-15-9-11-16(26)12-10-15/h5-12,18,20-22,29H,13-14H2,1-4H3,(H,27,30)/t18-,20-,21+,22+/m1/s1. The molecule has 0 spiro atoms. The van der Waals surface area contributed by atoms with Crippen LogP contribution in [0.15, 0.2) is 48.5 Å². The van der Waals surface area contributed by atoms with Gasteiger partial charge in [0.15, 0.2) is 0 Å². The molecule has 0 aliphatic heterocycles. The maximum atomic E-state index is 13.3. The summed E-state index contributed by atoms with van der Waals surface area (Å²) >= 11 is 6.23. The summed E-state index contributed by atoms with van der Waals surface area (Å²) in [7, 11) is 1.85. The Morgan fingerprint density at radius 1 is 1.22 bits per heavy atom. The first-order valence-corrected chi connectivity index (χ1v) is 10.9. The minimum Gasteiger partial charge on any atom is -0.486 e. The van der Waals surface area contributed by atoms with Gasteiger partial charge in [0.1, 0.15) is 29.4 Å². The Kier molecular flexibility index (Phi) is 7.64. The van der Waals surface area contributed by atoms with Crippen molar-refractivity contribution in [2.24, 2.45) is 0 Å². The number of nitrogens with one attached hydrogen (secondary N) is 1. The van der Waals surface area contributed by atoms with Gasteiger partial charge >= 0.3 is 6.09 Å². The molecule has 8 heteroatoms. The minimum atomic E-state index is -0.906. The number of carbonyl (C=O) groups is 1. The van der Waals surface area contributed by atoms with E-state index < -0.39 is 36.0 Å². The number of para-hydroxylation sites is 1. The topological polar surface area (TPSA) is 71.0 Å². The number of nitrogens with zero attached hydrogens (tertiary/aromatic N) is 1. The van der Waals surface area contributed by atoms with Gasteiger partial charge in [0, 0.05) is 13.0 Å². The molecule has 2 aromatic carbocycles. The first kappa shape index (κ1) is 24.3. The molecule has 32 heavy (non-hydrogen) atoms. The normalized spacial score (nSPS) is 23.2. The van der Waals surface area contributed by atoms with Gasteiger partial charge < -0.3 is 19.9 Å². The van der Waals surface area contributed by atoms with Crippen LogP contribution in [0, 0.1) is 5.82 Å². The Morgan fingerprint density at radius 2 is 1.88 bits per heavy atom. The van der Waals surface area contributed by atoms with E-state index >= 15 is 0 Å². The molecule has 0 heterocycles. The average Bonchev–Trinajstić information content (AvgIpc) is 2.98. The predicted molar refractivity (Wildman–Crippen MR) is 121 cm³/mol. The Bertz CT molecular complexity index is 919. The van der Waals surface area contributed by atoms with Crippen LogP contribution in [0.4, 0.5) is 9.18 Å². The van der Waals surface area contributed by atoms with Crippen LogP contribution in [0.25, 0.3) is 0 Å². The van der Waals surface area contributed by atoms with Gasteiger partial charge in [-0.2, -0.15) is 0 Å². The number of rotatable bonds is 6. The Labute approximate surface area is 193 Å². The van der Waals surface area contributed by atoms with Gasteiger partial charge in [-0.25, -0.2) is 9.18 Å². The highest BCUT2D eigenvalue weighted by atomic mass is 35.5. The molecule has 0 radical (unpaired) electrons. The average molecular weight is 465 g/mol. The molecule has 1 aliphatic carbocycles. The van der Waals surface area contributed by atoms with Gasteiger partial charge in [0.05, 0.1) is 17.1 Å². The van der Waals surface area contributed by atoms with Crippen molar-refractivity contribution in [3.63, 3.8) is 0 Å². The van der Waals surface area contributed by atoms with E-state index in [1.165, 1.54) is 12.1 Å². The number of hydrogen-bond donors (Lipinski definition) is 2. The van der Waals surface area contributed by atoms with Crippen LogP contribution in [-0.2, 0) is 11.3 Å². The minimum absolute atomic E-state index is 0.310. The van der Waals surface area contributed by atoms with Crippen molar-refractivity contribution in [3.05, 3.63) is 64.9 Å². The smallest absolute Gasteiger partial charge is 0.407 e. The van der Waals surface area contributed by atoms with E-state index in [1.54, 1.807) is 57.2 Å². The molecule has 2 aromatic rings. The van der Waals surface area contributed by atoms with Crippen LogP contribution in [0.1, 0.15) is 32.8 Å². The summed E-state index contributed by atoms with van der Waals surface area (Å²) in [6.07, 6.45) is -1.69. The van der Waals surface area contributed by atoms with E-state index in [9.17, 15) is 14.3 Å². The van der Waals surface area contributed by atoms with Crippen molar-refractivity contribution in [2.75, 3.05) is 7.05 Å². The largest absolute Gasteiger partial charge is 0.486 e. The molecule has 174 valence electrons. The molecule has 3 rings (SSSR count). The van der Waals surface area contributed by atoms with Crippen LogP contribution in [0.2, 0.25) is 5.02 Å². The molecule has 1 amide bonds. The number of benzene rings is 2. The number of alkyl carbamates (subject to hydrolysis) is 1. The van der Waals surface area contributed by atoms with E-state index in [1.807, 2.05) is 11.9 Å². The highest BCUT2D eigenvalue weighted by Gasteiger charge is 2.47. The molecular formula is C24H30ClFN2O4. The van der Waals surface area contributed by atoms with E-state index in [-0.39, 0.29) is 5.82 Å². The lowest BCUT2D eigenvalue weighted by atomic mass is 10.1. The van der Waals surface area contributed by atoms with Gasteiger partial charge in [0.25, 0.3) is 0 Å². The molecule has 0 aromatic heterocycles. The lowest BCUT2D eigenvalue weighted by Gasteiger charge is -2.32. The third-order valence-corrected chi connectivity index (χ3v) is 5.61. The summed E-state index contributed by atoms with van der Waals surface area (Å²) in [5.41, 5.74) is 0.233. The molecule has 1 saturated carbocycles. The lowest BCUT2D eigenvalue weighted by Crippen LogP contribution is -2.52. The van der Waals surface area contributed by atoms with Gasteiger partial charge in [0.2, 0.25) is 0 Å². The van der Waals surface area contributed by atoms with Gasteiger partial charge in [-0.1, -0.05) is 35.9 Å². The third kappa shape index (κ3) is 6.34. The number of amides is 1. The van der Waals surface area contributed by atoms with Crippen LogP contribution >= 0.6 is 11.6 Å². The Balaban J connectivity index is 1.79. The fraction of sp³-hybridized carbons (Fsp3) is 0.458. The highest BCUT2D eigenvalue weighted by Crippen LogP contribution is 2.32. The lowest BCUT2D eigenvalue weighted by molar-refractivity contribution is 0.0109. The number of carbonyl (C=O) groups excluding carboxylic acids is 1. The zero-order valence-electron chi connectivity index (χ0n) is 18.7. The van der Waals surface area contributed by atoms with E-state index in [0.717, 1.165) is 5.56 Å². The number of ether oxygens (including phenoxy) is 2. The second-order valence-electron chi connectivity index (χ2n) is 9.10. The molecule has 0 unspecified atom stereocenters. The third-order valence-electron chi connectivity index (χ3n) is 5.30. The fourth-order valence-corrected chi connectivity index (χ4v) is 4.14. The number of hydrogen-bond acceptors (Lipinski definition) is 5. The molecule has 0 bridgehead atoms. The quantitative estimate of drug-likeness (QED) is 0.663. The SMILES string of the molecule is CN(Cc1ccc(F)cc1)[C@@H]1[C@@H](O)[C@H](Oc2ccccc2Cl)C[C@H]1NC(=O)OC(C)(C)C. The summed E-state index contributed by atoms with van der Waals surface area (Å²) in [5.74, 6) is 0.158. The molecule has 6 nitrogen and oxygen atoms in total. The van der Waals surface area contributed by atoms with Crippen LogP contribution < -0.4 is 10.1 Å². The van der Waals surface area contributed by atoms with E-state index in [4.69, 9.17) is 21.1 Å². The van der Waals surface area contributed by atoms with Crippen molar-refractivity contribution >= 4 is 17.7 Å². The maximum absolute atomic E-state index is 13.3. The number of aliphatic hydroxyl groups excluding tert-OH is 1. The van der Waals surface area contributed by atoms with Gasteiger partial charge in [-0.05, 0) is 57.6 Å². The van der Waals surface area contributed by atoms with Crippen molar-refractivity contribution in [1.82, 2.24) is 10.2 Å². The molecule has 2 N–H and O–H groups in total. The summed E-state index contributed by atoms with van der Waals surface area (Å²) < 4.78 is 24.7. The first-order valence-electron chi connectivity index (χ1n) is 10.6. The summed E-state index contributed by atoms with van der Waals surface area (Å²) in [5, 5.41) is 14.5. The van der Waals surface area contributed by atoms with Crippen molar-refractivity contribution in [1.29, 1.82) is 0 Å². The van der Waals surface area contributed by atoms with Gasteiger partial charge in [-0.15, -0.1) is 0 Å². The van der Waals surface area contributed by atoms with Crippen LogP contribution in [0.3, 0.4) is 0 Å². The maximum Gasteiger partial charge on any atom is 0.407 e.